The van der Waals surface area contributed by atoms with Gasteiger partial charge in [-0.15, -0.1) is 0 Å². The minimum Gasteiger partial charge on any atom is -0.480 e. The molecule has 0 aromatic carbocycles. The zero-order valence-electron chi connectivity index (χ0n) is 9.10. The molecule has 0 aliphatic carbocycles. The fraction of sp³-hybridized carbons (Fsp3) is 0.700. The molecule has 1 aliphatic rings. The SMILES string of the molecule is C=CC(O)NC1(C(=O)O)CN(C(C)C)C1. The van der Waals surface area contributed by atoms with Crippen LogP contribution in [-0.4, -0.2) is 52.0 Å². The van der Waals surface area contributed by atoms with Gasteiger partial charge in [0.25, 0.3) is 0 Å². The summed E-state index contributed by atoms with van der Waals surface area (Å²) >= 11 is 0. The molecule has 0 spiro atoms. The molecule has 86 valence electrons. The number of aliphatic hydroxyl groups is 1. The Hall–Kier alpha value is -0.910. The first-order chi connectivity index (χ1) is 6.91. The number of hydrogen-bond acceptors (Lipinski definition) is 4. The van der Waals surface area contributed by atoms with Crippen LogP contribution in [0.15, 0.2) is 12.7 Å². The first-order valence-electron chi connectivity index (χ1n) is 4.97. The van der Waals surface area contributed by atoms with Gasteiger partial charge in [-0.25, -0.2) is 0 Å². The number of rotatable bonds is 5. The van der Waals surface area contributed by atoms with Gasteiger partial charge in [0.05, 0.1) is 0 Å². The molecule has 0 saturated carbocycles. The van der Waals surface area contributed by atoms with Gasteiger partial charge in [-0.05, 0) is 19.9 Å². The lowest BCUT2D eigenvalue weighted by atomic mass is 9.88. The average molecular weight is 214 g/mol. The van der Waals surface area contributed by atoms with E-state index in [-0.39, 0.29) is 0 Å². The summed E-state index contributed by atoms with van der Waals surface area (Å²) in [6, 6.07) is 0.320. The fourth-order valence-corrected chi connectivity index (χ4v) is 1.64. The van der Waals surface area contributed by atoms with Crippen LogP contribution in [0.2, 0.25) is 0 Å². The van der Waals surface area contributed by atoms with E-state index >= 15 is 0 Å². The normalized spacial score (nSPS) is 22.1. The number of carboxylic acids is 1. The fourth-order valence-electron chi connectivity index (χ4n) is 1.64. The van der Waals surface area contributed by atoms with Gasteiger partial charge >= 0.3 is 5.97 Å². The minimum atomic E-state index is -1.03. The zero-order valence-corrected chi connectivity index (χ0v) is 9.10. The summed E-state index contributed by atoms with van der Waals surface area (Å²) < 4.78 is 0. The van der Waals surface area contributed by atoms with Crippen molar-refractivity contribution in [3.8, 4) is 0 Å². The van der Waals surface area contributed by atoms with Crippen molar-refractivity contribution in [3.05, 3.63) is 12.7 Å². The number of aliphatic carboxylic acids is 1. The third-order valence-corrected chi connectivity index (χ3v) is 2.73. The van der Waals surface area contributed by atoms with Gasteiger partial charge in [0.2, 0.25) is 0 Å². The first-order valence-corrected chi connectivity index (χ1v) is 4.97. The van der Waals surface area contributed by atoms with E-state index in [0.29, 0.717) is 19.1 Å². The number of hydrogen-bond donors (Lipinski definition) is 3. The summed E-state index contributed by atoms with van der Waals surface area (Å²) in [6.45, 7) is 8.23. The minimum absolute atomic E-state index is 0.320. The highest BCUT2D eigenvalue weighted by molar-refractivity contribution is 5.81. The van der Waals surface area contributed by atoms with E-state index in [1.54, 1.807) is 0 Å². The molecule has 5 heteroatoms. The van der Waals surface area contributed by atoms with Crippen molar-refractivity contribution in [2.24, 2.45) is 0 Å². The summed E-state index contributed by atoms with van der Waals surface area (Å²) in [7, 11) is 0. The summed E-state index contributed by atoms with van der Waals surface area (Å²) in [5, 5.41) is 21.1. The third kappa shape index (κ3) is 2.37. The maximum absolute atomic E-state index is 11.1. The Kier molecular flexibility index (Phi) is 3.49. The van der Waals surface area contributed by atoms with Crippen LogP contribution >= 0.6 is 0 Å². The number of carboxylic acid groups (broad SMARTS) is 1. The Bertz CT molecular complexity index is 259. The van der Waals surface area contributed by atoms with E-state index in [1.807, 2.05) is 18.7 Å². The first kappa shape index (κ1) is 12.2. The van der Waals surface area contributed by atoms with Gasteiger partial charge in [0.15, 0.2) is 0 Å². The lowest BCUT2D eigenvalue weighted by molar-refractivity contribution is -0.156. The molecule has 0 radical (unpaired) electrons. The summed E-state index contributed by atoms with van der Waals surface area (Å²) in [4.78, 5) is 13.1. The summed E-state index contributed by atoms with van der Waals surface area (Å²) in [5.41, 5.74) is -1.03. The van der Waals surface area contributed by atoms with Gasteiger partial charge in [0, 0.05) is 19.1 Å². The van der Waals surface area contributed by atoms with E-state index in [4.69, 9.17) is 5.11 Å². The third-order valence-electron chi connectivity index (χ3n) is 2.73. The van der Waals surface area contributed by atoms with Gasteiger partial charge < -0.3 is 10.2 Å². The van der Waals surface area contributed by atoms with E-state index < -0.39 is 17.7 Å². The largest absolute Gasteiger partial charge is 0.480 e. The van der Waals surface area contributed by atoms with Crippen LogP contribution in [0.4, 0.5) is 0 Å². The second-order valence-electron chi connectivity index (χ2n) is 4.21. The Labute approximate surface area is 89.4 Å². The van der Waals surface area contributed by atoms with Gasteiger partial charge in [0.1, 0.15) is 11.8 Å². The Morgan fingerprint density at radius 1 is 1.60 bits per heavy atom. The lowest BCUT2D eigenvalue weighted by Gasteiger charge is -2.50. The smallest absolute Gasteiger partial charge is 0.326 e. The molecule has 0 aromatic heterocycles. The summed E-state index contributed by atoms with van der Waals surface area (Å²) in [6.07, 6.45) is 0.304. The molecule has 1 saturated heterocycles. The summed E-state index contributed by atoms with van der Waals surface area (Å²) in [5.74, 6) is -0.930. The van der Waals surface area contributed by atoms with Gasteiger partial charge in [-0.1, -0.05) is 6.58 Å². The molecule has 1 fully saturated rings. The highest BCUT2D eigenvalue weighted by Crippen LogP contribution is 2.24. The molecule has 0 aromatic rings. The molecule has 15 heavy (non-hydrogen) atoms. The second-order valence-corrected chi connectivity index (χ2v) is 4.21. The Morgan fingerprint density at radius 2 is 2.13 bits per heavy atom. The van der Waals surface area contributed by atoms with Crippen molar-refractivity contribution < 1.29 is 15.0 Å². The standard InChI is InChI=1S/C10H18N2O3/c1-4-8(13)11-10(9(14)15)5-12(6-10)7(2)3/h4,7-8,11,13H,1,5-6H2,2-3H3,(H,14,15). The molecule has 3 N–H and O–H groups in total. The monoisotopic (exact) mass is 214 g/mol. The predicted molar refractivity (Wildman–Crippen MR) is 56.4 cm³/mol. The molecule has 1 heterocycles. The van der Waals surface area contributed by atoms with Gasteiger partial charge in [-0.3, -0.25) is 15.0 Å². The zero-order chi connectivity index (χ0) is 11.6. The van der Waals surface area contributed by atoms with Crippen molar-refractivity contribution >= 4 is 5.97 Å². The number of likely N-dealkylation sites (tertiary alicyclic amines) is 1. The molecule has 0 bridgehead atoms. The van der Waals surface area contributed by atoms with Crippen LogP contribution in [0, 0.1) is 0 Å². The van der Waals surface area contributed by atoms with Crippen LogP contribution in [0.5, 0.6) is 0 Å². The van der Waals surface area contributed by atoms with Crippen LogP contribution in [0.3, 0.4) is 0 Å². The molecular formula is C10H18N2O3. The van der Waals surface area contributed by atoms with Crippen molar-refractivity contribution in [2.45, 2.75) is 31.7 Å². The molecule has 1 unspecified atom stereocenters. The van der Waals surface area contributed by atoms with Crippen LogP contribution < -0.4 is 5.32 Å². The van der Waals surface area contributed by atoms with Crippen LogP contribution in [0.25, 0.3) is 0 Å². The van der Waals surface area contributed by atoms with Crippen LogP contribution in [-0.2, 0) is 4.79 Å². The van der Waals surface area contributed by atoms with Crippen LogP contribution in [0.1, 0.15) is 13.8 Å². The predicted octanol–water partition coefficient (Wildman–Crippen LogP) is -0.372. The Balaban J connectivity index is 2.61. The van der Waals surface area contributed by atoms with Crippen molar-refractivity contribution in [3.63, 3.8) is 0 Å². The number of nitrogens with zero attached hydrogens (tertiary/aromatic N) is 1. The quantitative estimate of drug-likeness (QED) is 0.430. The number of nitrogens with one attached hydrogen (secondary N) is 1. The highest BCUT2D eigenvalue weighted by atomic mass is 16.4. The maximum Gasteiger partial charge on any atom is 0.326 e. The van der Waals surface area contributed by atoms with E-state index in [1.165, 1.54) is 6.08 Å². The van der Waals surface area contributed by atoms with E-state index in [9.17, 15) is 9.90 Å². The molecule has 1 atom stereocenters. The average Bonchev–Trinajstić information content (AvgIpc) is 2.08. The molecule has 1 rings (SSSR count). The molecule has 5 nitrogen and oxygen atoms in total. The van der Waals surface area contributed by atoms with Crippen molar-refractivity contribution in [2.75, 3.05) is 13.1 Å². The highest BCUT2D eigenvalue weighted by Gasteiger charge is 2.50. The second kappa shape index (κ2) is 4.30. The van der Waals surface area contributed by atoms with E-state index in [0.717, 1.165) is 0 Å². The van der Waals surface area contributed by atoms with Gasteiger partial charge in [-0.2, -0.15) is 0 Å². The number of aliphatic hydroxyl groups excluding tert-OH is 1. The topological polar surface area (TPSA) is 72.8 Å². The maximum atomic E-state index is 11.1. The molecule has 1 aliphatic heterocycles. The number of carbonyl (C=O) groups is 1. The van der Waals surface area contributed by atoms with E-state index in [2.05, 4.69) is 11.9 Å². The Morgan fingerprint density at radius 3 is 2.47 bits per heavy atom. The van der Waals surface area contributed by atoms with Crippen molar-refractivity contribution in [1.82, 2.24) is 10.2 Å². The molecule has 0 amide bonds. The van der Waals surface area contributed by atoms with Crippen molar-refractivity contribution in [1.29, 1.82) is 0 Å². The lowest BCUT2D eigenvalue weighted by Crippen LogP contribution is -2.75. The molecular weight excluding hydrogens is 196 g/mol.